The van der Waals surface area contributed by atoms with Gasteiger partial charge in [0.1, 0.15) is 0 Å². The van der Waals surface area contributed by atoms with Crippen LogP contribution < -0.4 is 0 Å². The van der Waals surface area contributed by atoms with E-state index in [9.17, 15) is 0 Å². The van der Waals surface area contributed by atoms with Crippen molar-refractivity contribution in [3.8, 4) is 56.7 Å². The molecule has 0 radical (unpaired) electrons. The van der Waals surface area contributed by atoms with Crippen molar-refractivity contribution < 1.29 is 0 Å². The Bertz CT molecular complexity index is 3610. The second-order valence-corrected chi connectivity index (χ2v) is 19.2. The van der Waals surface area contributed by atoms with Crippen LogP contribution in [-0.4, -0.2) is 24.1 Å². The van der Waals surface area contributed by atoms with Crippen molar-refractivity contribution in [2.45, 2.75) is 51.9 Å². The molecule has 5 nitrogen and oxygen atoms in total. The number of hydrogen-bond acceptors (Lipinski definition) is 3. The van der Waals surface area contributed by atoms with Crippen LogP contribution in [0.2, 0.25) is 0 Å². The van der Waals surface area contributed by atoms with Crippen LogP contribution in [0.25, 0.3) is 100 Å². The second-order valence-electron chi connectivity index (χ2n) is 19.2. The molecule has 0 bridgehead atoms. The molecule has 0 spiro atoms. The van der Waals surface area contributed by atoms with E-state index in [1.807, 2.05) is 24.3 Å². The van der Waals surface area contributed by atoms with E-state index in [1.54, 1.807) is 0 Å². The number of nitrogens with zero attached hydrogens (tertiary/aromatic N) is 5. The summed E-state index contributed by atoms with van der Waals surface area (Å²) in [4.78, 5) is 15.8. The number of rotatable bonds is 6. The molecular formula is C60H49N5. The van der Waals surface area contributed by atoms with Crippen molar-refractivity contribution in [3.63, 3.8) is 0 Å². The van der Waals surface area contributed by atoms with Crippen LogP contribution in [0, 0.1) is 5.92 Å². The van der Waals surface area contributed by atoms with Crippen molar-refractivity contribution in [2.75, 3.05) is 0 Å². The van der Waals surface area contributed by atoms with Crippen molar-refractivity contribution in [1.29, 1.82) is 0 Å². The van der Waals surface area contributed by atoms with E-state index in [0.717, 1.165) is 55.2 Å². The molecule has 314 valence electrons. The average Bonchev–Trinajstić information content (AvgIpc) is 3.87. The predicted octanol–water partition coefficient (Wildman–Crippen LogP) is 15.3. The summed E-state index contributed by atoms with van der Waals surface area (Å²) in [6.45, 7) is 12.1. The van der Waals surface area contributed by atoms with Crippen molar-refractivity contribution in [1.82, 2.24) is 24.1 Å². The van der Waals surface area contributed by atoms with Crippen molar-refractivity contribution in [2.24, 2.45) is 5.92 Å². The van der Waals surface area contributed by atoms with Gasteiger partial charge in [-0.2, -0.15) is 9.97 Å². The molecule has 1 aliphatic rings. The maximum atomic E-state index is 5.37. The molecule has 11 aromatic rings. The molecule has 0 saturated carbocycles. The highest BCUT2D eigenvalue weighted by molar-refractivity contribution is 6.23. The minimum absolute atomic E-state index is 0.0990. The van der Waals surface area contributed by atoms with Crippen LogP contribution >= 0.6 is 0 Å². The van der Waals surface area contributed by atoms with Gasteiger partial charge in [-0.25, -0.2) is 4.98 Å². The maximum Gasteiger partial charge on any atom is 0.238 e. The summed E-state index contributed by atoms with van der Waals surface area (Å²) >= 11 is 0. The summed E-state index contributed by atoms with van der Waals surface area (Å²) < 4.78 is 4.71. The standard InChI is InChI=1S/C60H49N5/c1-38-37-59(2,3)50-35-30-44(36-51(50)60(38,4)5)41-28-31-45(32-29-41)64-52-22-14-12-20-46(52)48-33-34-49-47-21-13-15-23-53(47)65(55(49)54(48)64)58-62-56(42-18-10-7-11-19-42)61-57(63-58)43-26-24-40(25-27-43)39-16-8-6-9-17-39/h6-36,38H,37H2,1-5H3. The van der Waals surface area contributed by atoms with Gasteiger partial charge in [0.15, 0.2) is 11.6 Å². The maximum absolute atomic E-state index is 5.37. The molecule has 1 aliphatic carbocycles. The molecule has 1 atom stereocenters. The van der Waals surface area contributed by atoms with Crippen LogP contribution in [0.4, 0.5) is 0 Å². The molecule has 5 heteroatoms. The zero-order chi connectivity index (χ0) is 44.0. The van der Waals surface area contributed by atoms with Gasteiger partial charge in [-0.1, -0.05) is 198 Å². The van der Waals surface area contributed by atoms with Crippen LogP contribution in [0.3, 0.4) is 0 Å². The van der Waals surface area contributed by atoms with Gasteiger partial charge >= 0.3 is 0 Å². The molecule has 1 unspecified atom stereocenters. The molecular weight excluding hydrogens is 791 g/mol. The Hall–Kier alpha value is -7.63. The predicted molar refractivity (Wildman–Crippen MR) is 270 cm³/mol. The monoisotopic (exact) mass is 839 g/mol. The number of aromatic nitrogens is 5. The van der Waals surface area contributed by atoms with E-state index in [0.29, 0.717) is 23.5 Å². The number of benzene rings is 8. The van der Waals surface area contributed by atoms with Gasteiger partial charge in [-0.15, -0.1) is 0 Å². The van der Waals surface area contributed by atoms with Crippen molar-refractivity contribution >= 4 is 43.6 Å². The second kappa shape index (κ2) is 14.7. The van der Waals surface area contributed by atoms with Gasteiger partial charge in [0, 0.05) is 38.4 Å². The molecule has 12 rings (SSSR count). The van der Waals surface area contributed by atoms with E-state index in [1.165, 1.54) is 45.0 Å². The SMILES string of the molecule is CC1CC(C)(C)c2ccc(-c3ccc(-n4c5ccccc5c5ccc6c7ccccc7n(-c7nc(-c8ccccc8)nc(-c8ccc(-c9ccccc9)cc8)n7)c6c54)cc3)cc2C1(C)C. The van der Waals surface area contributed by atoms with Gasteiger partial charge in [-0.3, -0.25) is 4.57 Å². The summed E-state index contributed by atoms with van der Waals surface area (Å²) in [6, 6.07) is 67.6. The minimum atomic E-state index is 0.0990. The Morgan fingerprint density at radius 3 is 1.51 bits per heavy atom. The first kappa shape index (κ1) is 39.0. The fourth-order valence-corrected chi connectivity index (χ4v) is 10.8. The van der Waals surface area contributed by atoms with E-state index >= 15 is 0 Å². The van der Waals surface area contributed by atoms with Crippen LogP contribution in [0.15, 0.2) is 188 Å². The van der Waals surface area contributed by atoms with Crippen LogP contribution in [0.1, 0.15) is 52.2 Å². The first-order valence-corrected chi connectivity index (χ1v) is 22.8. The first-order valence-electron chi connectivity index (χ1n) is 22.8. The quantitative estimate of drug-likeness (QED) is 0.168. The largest absolute Gasteiger partial charge is 0.307 e. The van der Waals surface area contributed by atoms with Crippen LogP contribution in [0.5, 0.6) is 0 Å². The average molecular weight is 840 g/mol. The third-order valence-electron chi connectivity index (χ3n) is 14.5. The Kier molecular flexibility index (Phi) is 8.83. The van der Waals surface area contributed by atoms with Crippen LogP contribution in [-0.2, 0) is 10.8 Å². The Balaban J connectivity index is 1.08. The molecule has 3 heterocycles. The lowest BCUT2D eigenvalue weighted by molar-refractivity contribution is 0.233. The lowest BCUT2D eigenvalue weighted by Crippen LogP contribution is -2.40. The number of hydrogen-bond donors (Lipinski definition) is 0. The Labute approximate surface area is 379 Å². The summed E-state index contributed by atoms with van der Waals surface area (Å²) in [7, 11) is 0. The first-order chi connectivity index (χ1) is 31.6. The third-order valence-corrected chi connectivity index (χ3v) is 14.5. The molecule has 8 aromatic carbocycles. The lowest BCUT2D eigenvalue weighted by atomic mass is 9.58. The van der Waals surface area contributed by atoms with Gasteiger partial charge in [0.05, 0.1) is 22.1 Å². The molecule has 3 aromatic heterocycles. The topological polar surface area (TPSA) is 48.5 Å². The Morgan fingerprint density at radius 1 is 0.415 bits per heavy atom. The van der Waals surface area contributed by atoms with Gasteiger partial charge < -0.3 is 4.57 Å². The summed E-state index contributed by atoms with van der Waals surface area (Å²) in [5.41, 5.74) is 15.3. The van der Waals surface area contributed by atoms with E-state index < -0.39 is 0 Å². The third kappa shape index (κ3) is 6.24. The van der Waals surface area contributed by atoms with E-state index in [-0.39, 0.29) is 10.8 Å². The molecule has 0 aliphatic heterocycles. The van der Waals surface area contributed by atoms with Crippen molar-refractivity contribution in [3.05, 3.63) is 199 Å². The fraction of sp³-hybridized carbons (Fsp3) is 0.150. The van der Waals surface area contributed by atoms with E-state index in [2.05, 4.69) is 208 Å². The number of para-hydroxylation sites is 2. The summed E-state index contributed by atoms with van der Waals surface area (Å²) in [6.07, 6.45) is 1.19. The normalized spacial score (nSPS) is 15.5. The molecule has 65 heavy (non-hydrogen) atoms. The lowest BCUT2D eigenvalue weighted by Gasteiger charge is -2.46. The molecule has 0 saturated heterocycles. The fourth-order valence-electron chi connectivity index (χ4n) is 10.8. The number of fused-ring (bicyclic) bond motifs is 8. The van der Waals surface area contributed by atoms with Gasteiger partial charge in [0.2, 0.25) is 5.95 Å². The molecule has 0 fully saturated rings. The van der Waals surface area contributed by atoms with E-state index in [4.69, 9.17) is 15.0 Å². The highest BCUT2D eigenvalue weighted by Crippen LogP contribution is 2.50. The molecule has 0 amide bonds. The van der Waals surface area contributed by atoms with Gasteiger partial charge in [0.25, 0.3) is 0 Å². The highest BCUT2D eigenvalue weighted by Gasteiger charge is 2.42. The Morgan fingerprint density at radius 2 is 0.877 bits per heavy atom. The molecule has 0 N–H and O–H groups in total. The summed E-state index contributed by atoms with van der Waals surface area (Å²) in [5, 5.41) is 4.64. The van der Waals surface area contributed by atoms with Gasteiger partial charge in [-0.05, 0) is 80.8 Å². The highest BCUT2D eigenvalue weighted by atomic mass is 15.2. The minimum Gasteiger partial charge on any atom is -0.307 e. The zero-order valence-electron chi connectivity index (χ0n) is 37.4. The summed E-state index contributed by atoms with van der Waals surface area (Å²) in [5.74, 6) is 2.40. The smallest absolute Gasteiger partial charge is 0.238 e. The zero-order valence-corrected chi connectivity index (χ0v) is 37.4.